The molecule has 0 aliphatic rings. The molecule has 1 nitrogen and oxygen atoms in total. The second-order valence-electron chi connectivity index (χ2n) is 7.43. The maximum atomic E-state index is 3.10. The first kappa shape index (κ1) is 19.7. The summed E-state index contributed by atoms with van der Waals surface area (Å²) in [6.45, 7) is 0. The molecule has 0 atom stereocenters. The summed E-state index contributed by atoms with van der Waals surface area (Å²) in [5.74, 6) is 0. The number of hydrogen-bond acceptors (Lipinski definition) is 1. The zero-order valence-corrected chi connectivity index (χ0v) is 20.2. The van der Waals surface area contributed by atoms with Gasteiger partial charge >= 0.3 is 0 Å². The van der Waals surface area contributed by atoms with Crippen molar-refractivity contribution in [2.24, 2.45) is 7.05 Å². The zero-order valence-electron chi connectivity index (χ0n) is 16.6. The molecular weight excluding hydrogens is 459 g/mol. The molecule has 6 aromatic rings. The van der Waals surface area contributed by atoms with E-state index in [9.17, 15) is 0 Å². The van der Waals surface area contributed by atoms with E-state index in [1.807, 2.05) is 23.5 Å². The Bertz CT molecular complexity index is 1510. The van der Waals surface area contributed by atoms with E-state index in [0.29, 0.717) is 0 Å². The van der Waals surface area contributed by atoms with Crippen molar-refractivity contribution < 1.29 is 32.7 Å². The molecule has 3 heteroatoms. The first-order chi connectivity index (χ1) is 14.3. The van der Waals surface area contributed by atoms with Gasteiger partial charge in [-0.05, 0) is 35.2 Å². The average Bonchev–Trinajstić information content (AvgIpc) is 3.38. The third kappa shape index (κ3) is 3.06. The normalized spacial score (nSPS) is 11.2. The van der Waals surface area contributed by atoms with Crippen LogP contribution in [0.5, 0.6) is 0 Å². The Kier molecular flexibility index (Phi) is 5.10. The van der Waals surface area contributed by atoms with Crippen molar-refractivity contribution in [2.75, 3.05) is 0 Å². The van der Waals surface area contributed by atoms with Gasteiger partial charge in [-0.25, -0.2) is 0 Å². The number of fused-ring (bicyclic) bond motifs is 5. The molecule has 0 fully saturated rings. The van der Waals surface area contributed by atoms with Gasteiger partial charge in [0, 0.05) is 71.2 Å². The molecular formula is C27H18NSY-. The van der Waals surface area contributed by atoms with Crippen molar-refractivity contribution in [2.45, 2.75) is 0 Å². The van der Waals surface area contributed by atoms with Crippen LogP contribution in [0, 0.1) is 6.07 Å². The number of aryl methyl sites for hydroxylation is 1. The Labute approximate surface area is 204 Å². The van der Waals surface area contributed by atoms with Gasteiger partial charge < -0.3 is 4.57 Å². The van der Waals surface area contributed by atoms with E-state index in [0.717, 1.165) is 0 Å². The smallest absolute Gasteiger partial charge is 0.0568 e. The van der Waals surface area contributed by atoms with Gasteiger partial charge in [0.05, 0.1) is 5.52 Å². The molecule has 6 rings (SSSR count). The largest absolute Gasteiger partial charge is 0.343 e. The Hall–Kier alpha value is -2.26. The van der Waals surface area contributed by atoms with Crippen molar-refractivity contribution in [1.82, 2.24) is 4.57 Å². The van der Waals surface area contributed by atoms with Gasteiger partial charge in [-0.15, -0.1) is 16.9 Å². The van der Waals surface area contributed by atoms with Gasteiger partial charge in [-0.2, -0.15) is 30.3 Å². The van der Waals surface area contributed by atoms with Crippen molar-refractivity contribution in [3.05, 3.63) is 97.1 Å². The molecule has 30 heavy (non-hydrogen) atoms. The number of nitrogens with zero attached hydrogens (tertiary/aromatic N) is 1. The van der Waals surface area contributed by atoms with E-state index >= 15 is 0 Å². The third-order valence-electron chi connectivity index (χ3n) is 5.78. The first-order valence-electron chi connectivity index (χ1n) is 9.76. The van der Waals surface area contributed by atoms with Crippen LogP contribution < -0.4 is 0 Å². The van der Waals surface area contributed by atoms with E-state index in [4.69, 9.17) is 0 Å². The summed E-state index contributed by atoms with van der Waals surface area (Å²) in [5.41, 5.74) is 5.10. The van der Waals surface area contributed by atoms with Crippen LogP contribution in [0.3, 0.4) is 0 Å². The Morgan fingerprint density at radius 1 is 0.700 bits per heavy atom. The van der Waals surface area contributed by atoms with Gasteiger partial charge in [-0.3, -0.25) is 0 Å². The van der Waals surface area contributed by atoms with Gasteiger partial charge in [0.1, 0.15) is 0 Å². The summed E-state index contributed by atoms with van der Waals surface area (Å²) in [7, 11) is 2.17. The monoisotopic (exact) mass is 477 g/mol. The standard InChI is InChI=1S/C27H18NS.Y/c1-28-24-14-12-20(26-16-15-25(29-26)19-8-3-2-4-9-19)17-23(24)22-13-11-18-7-5-6-10-21(18)27(22)28;/h3-17H,1H3;/q-1;. The minimum absolute atomic E-state index is 0. The van der Waals surface area contributed by atoms with Crippen molar-refractivity contribution in [3.8, 4) is 20.9 Å². The van der Waals surface area contributed by atoms with Crippen LogP contribution in [0.25, 0.3) is 53.5 Å². The van der Waals surface area contributed by atoms with E-state index in [2.05, 4.69) is 96.5 Å². The van der Waals surface area contributed by atoms with Crippen LogP contribution in [0.2, 0.25) is 0 Å². The predicted molar refractivity (Wildman–Crippen MR) is 126 cm³/mol. The minimum atomic E-state index is 0. The van der Waals surface area contributed by atoms with E-state index in [1.54, 1.807) is 0 Å². The molecule has 2 heterocycles. The average molecular weight is 477 g/mol. The first-order valence-corrected chi connectivity index (χ1v) is 10.6. The number of thiophene rings is 1. The summed E-state index contributed by atoms with van der Waals surface area (Å²) >= 11 is 1.84. The second-order valence-corrected chi connectivity index (χ2v) is 8.51. The second kappa shape index (κ2) is 7.78. The van der Waals surface area contributed by atoms with Crippen LogP contribution in [-0.4, -0.2) is 4.57 Å². The summed E-state index contributed by atoms with van der Waals surface area (Å²) in [5, 5.41) is 5.23. The molecule has 141 valence electrons. The number of rotatable bonds is 2. The summed E-state index contributed by atoms with van der Waals surface area (Å²) < 4.78 is 2.33. The molecule has 0 spiro atoms. The number of aromatic nitrogens is 1. The molecule has 0 saturated heterocycles. The maximum Gasteiger partial charge on any atom is 0.0568 e. The number of hydrogen-bond donors (Lipinski definition) is 0. The van der Waals surface area contributed by atoms with Crippen LogP contribution in [0.1, 0.15) is 0 Å². The Morgan fingerprint density at radius 3 is 2.30 bits per heavy atom. The molecule has 0 aliphatic carbocycles. The molecule has 2 aromatic heterocycles. The Morgan fingerprint density at radius 2 is 1.47 bits per heavy atom. The Balaban J connectivity index is 0.00000193. The van der Waals surface area contributed by atoms with E-state index in [1.165, 1.54) is 53.5 Å². The molecule has 0 aliphatic heterocycles. The quantitative estimate of drug-likeness (QED) is 0.226. The van der Waals surface area contributed by atoms with Gasteiger partial charge in [0.2, 0.25) is 0 Å². The van der Waals surface area contributed by atoms with Crippen molar-refractivity contribution in [1.29, 1.82) is 0 Å². The van der Waals surface area contributed by atoms with E-state index in [-0.39, 0.29) is 32.7 Å². The fraction of sp³-hybridized carbons (Fsp3) is 0.0370. The maximum absolute atomic E-state index is 3.10. The molecule has 1 radical (unpaired) electrons. The minimum Gasteiger partial charge on any atom is -0.343 e. The molecule has 0 N–H and O–H groups in total. The SMILES string of the molecule is Cn1c2ccc(-c3ccc(-c4cc[c-]cc4)s3)cc2c2ccc3ccccc3c21.[Y]. The zero-order chi connectivity index (χ0) is 19.4. The van der Waals surface area contributed by atoms with Crippen molar-refractivity contribution >= 4 is 43.9 Å². The molecule has 0 saturated carbocycles. The molecule has 4 aromatic carbocycles. The molecule has 0 amide bonds. The summed E-state index contributed by atoms with van der Waals surface area (Å²) in [6, 6.07) is 35.7. The van der Waals surface area contributed by atoms with Crippen molar-refractivity contribution in [3.63, 3.8) is 0 Å². The topological polar surface area (TPSA) is 4.93 Å². The summed E-state index contributed by atoms with van der Waals surface area (Å²) in [4.78, 5) is 2.59. The van der Waals surface area contributed by atoms with Gasteiger partial charge in [-0.1, -0.05) is 42.5 Å². The van der Waals surface area contributed by atoms with Crippen LogP contribution in [0.4, 0.5) is 0 Å². The van der Waals surface area contributed by atoms with E-state index < -0.39 is 0 Å². The van der Waals surface area contributed by atoms with Crippen LogP contribution >= 0.6 is 11.3 Å². The molecule has 0 unspecified atom stereocenters. The van der Waals surface area contributed by atoms with Crippen LogP contribution in [0.15, 0.2) is 91.0 Å². The predicted octanol–water partition coefficient (Wildman–Crippen LogP) is 7.68. The molecule has 0 bridgehead atoms. The van der Waals surface area contributed by atoms with Gasteiger partial charge in [0.15, 0.2) is 0 Å². The fourth-order valence-corrected chi connectivity index (χ4v) is 5.36. The van der Waals surface area contributed by atoms with Crippen LogP contribution in [-0.2, 0) is 39.8 Å². The number of benzene rings is 4. The summed E-state index contributed by atoms with van der Waals surface area (Å²) in [6.07, 6.45) is 0. The fourth-order valence-electron chi connectivity index (χ4n) is 4.35. The van der Waals surface area contributed by atoms with Gasteiger partial charge in [0.25, 0.3) is 0 Å². The third-order valence-corrected chi connectivity index (χ3v) is 6.96.